The van der Waals surface area contributed by atoms with Crippen molar-refractivity contribution in [3.8, 4) is 0 Å². The van der Waals surface area contributed by atoms with E-state index in [1.165, 1.54) is 5.56 Å². The van der Waals surface area contributed by atoms with E-state index >= 15 is 0 Å². The second kappa shape index (κ2) is 9.92. The molecule has 4 heteroatoms. The molecule has 0 radical (unpaired) electrons. The fourth-order valence-corrected chi connectivity index (χ4v) is 4.14. The van der Waals surface area contributed by atoms with Crippen LogP contribution in [0.15, 0.2) is 48.5 Å². The summed E-state index contributed by atoms with van der Waals surface area (Å²) in [7, 11) is 0. The summed E-state index contributed by atoms with van der Waals surface area (Å²) >= 11 is 0. The van der Waals surface area contributed by atoms with Gasteiger partial charge in [-0.05, 0) is 61.8 Å². The Balaban J connectivity index is 1.53. The molecule has 30 heavy (non-hydrogen) atoms. The molecule has 2 aromatic carbocycles. The Hall–Kier alpha value is -2.62. The van der Waals surface area contributed by atoms with Gasteiger partial charge in [-0.2, -0.15) is 0 Å². The van der Waals surface area contributed by atoms with Gasteiger partial charge in [0.1, 0.15) is 0 Å². The number of aryl methyl sites for hydroxylation is 1. The van der Waals surface area contributed by atoms with Crippen LogP contribution < -0.4 is 5.32 Å². The third-order valence-corrected chi connectivity index (χ3v) is 6.07. The second-order valence-electron chi connectivity index (χ2n) is 8.96. The molecule has 2 aromatic rings. The number of carbonyl (C=O) groups is 2. The highest BCUT2D eigenvalue weighted by atomic mass is 16.2. The van der Waals surface area contributed by atoms with Crippen LogP contribution in [-0.2, 0) is 16.0 Å². The van der Waals surface area contributed by atoms with Gasteiger partial charge in [0.05, 0.1) is 5.92 Å². The maximum absolute atomic E-state index is 13.0. The number of hydrogen-bond acceptors (Lipinski definition) is 2. The van der Waals surface area contributed by atoms with Gasteiger partial charge in [-0.1, -0.05) is 56.3 Å². The minimum absolute atomic E-state index is 0.0423. The highest BCUT2D eigenvalue weighted by Gasteiger charge is 2.30. The Kier molecular flexibility index (Phi) is 7.30. The molecule has 1 atom stereocenters. The molecule has 1 saturated heterocycles. The van der Waals surface area contributed by atoms with E-state index in [2.05, 4.69) is 43.4 Å². The van der Waals surface area contributed by atoms with Crippen molar-refractivity contribution >= 4 is 17.5 Å². The summed E-state index contributed by atoms with van der Waals surface area (Å²) < 4.78 is 0. The predicted molar refractivity (Wildman–Crippen MR) is 123 cm³/mol. The molecule has 1 aliphatic rings. The molecule has 2 amide bonds. The topological polar surface area (TPSA) is 49.4 Å². The van der Waals surface area contributed by atoms with Gasteiger partial charge in [-0.15, -0.1) is 0 Å². The molecule has 1 heterocycles. The maximum Gasteiger partial charge on any atom is 0.229 e. The average molecular weight is 407 g/mol. The zero-order valence-electron chi connectivity index (χ0n) is 18.7. The molecule has 0 aromatic heterocycles. The number of nitrogens with zero attached hydrogens (tertiary/aromatic N) is 1. The highest BCUT2D eigenvalue weighted by Crippen LogP contribution is 2.25. The minimum Gasteiger partial charge on any atom is -0.342 e. The van der Waals surface area contributed by atoms with Crippen LogP contribution in [0.1, 0.15) is 56.2 Å². The lowest BCUT2D eigenvalue weighted by molar-refractivity contribution is -0.135. The third kappa shape index (κ3) is 5.50. The van der Waals surface area contributed by atoms with Crippen LogP contribution in [0.3, 0.4) is 0 Å². The highest BCUT2D eigenvalue weighted by molar-refractivity contribution is 5.93. The Labute approximate surface area is 180 Å². The molecule has 3 rings (SSSR count). The van der Waals surface area contributed by atoms with Gasteiger partial charge < -0.3 is 10.2 Å². The van der Waals surface area contributed by atoms with Crippen molar-refractivity contribution in [3.63, 3.8) is 0 Å². The van der Waals surface area contributed by atoms with Crippen LogP contribution in [0.5, 0.6) is 0 Å². The number of para-hydroxylation sites is 1. The number of amides is 2. The molecule has 1 aliphatic heterocycles. The van der Waals surface area contributed by atoms with E-state index in [-0.39, 0.29) is 23.7 Å². The normalized spacial score (nSPS) is 15.8. The number of benzene rings is 2. The zero-order chi connectivity index (χ0) is 21.7. The van der Waals surface area contributed by atoms with Crippen molar-refractivity contribution in [1.82, 2.24) is 4.90 Å². The summed E-state index contributed by atoms with van der Waals surface area (Å²) in [4.78, 5) is 27.6. The van der Waals surface area contributed by atoms with Crippen LogP contribution in [0.4, 0.5) is 5.69 Å². The number of hydrogen-bond donors (Lipinski definition) is 1. The second-order valence-corrected chi connectivity index (χ2v) is 8.96. The van der Waals surface area contributed by atoms with E-state index in [0.717, 1.165) is 23.2 Å². The first-order valence-corrected chi connectivity index (χ1v) is 11.1. The van der Waals surface area contributed by atoms with Crippen molar-refractivity contribution in [2.45, 2.75) is 52.9 Å². The first-order chi connectivity index (χ1) is 14.3. The molecule has 1 fully saturated rings. The smallest absolute Gasteiger partial charge is 0.229 e. The van der Waals surface area contributed by atoms with Crippen molar-refractivity contribution in [1.29, 1.82) is 0 Å². The lowest BCUT2D eigenvalue weighted by atomic mass is 9.92. The van der Waals surface area contributed by atoms with Gasteiger partial charge in [-0.25, -0.2) is 0 Å². The van der Waals surface area contributed by atoms with E-state index in [4.69, 9.17) is 0 Å². The molecular weight excluding hydrogens is 372 g/mol. The van der Waals surface area contributed by atoms with Crippen LogP contribution >= 0.6 is 0 Å². The van der Waals surface area contributed by atoms with Crippen molar-refractivity contribution in [3.05, 3.63) is 65.2 Å². The number of piperidine rings is 1. The Morgan fingerprint density at radius 2 is 1.63 bits per heavy atom. The van der Waals surface area contributed by atoms with E-state index in [1.807, 2.05) is 43.0 Å². The monoisotopic (exact) mass is 406 g/mol. The molecule has 1 unspecified atom stereocenters. The van der Waals surface area contributed by atoms with Crippen molar-refractivity contribution in [2.75, 3.05) is 18.4 Å². The number of carbonyl (C=O) groups excluding carboxylic acids is 2. The van der Waals surface area contributed by atoms with Gasteiger partial charge >= 0.3 is 0 Å². The van der Waals surface area contributed by atoms with Crippen molar-refractivity contribution in [2.24, 2.45) is 11.8 Å². The minimum atomic E-state index is -0.157. The molecule has 0 aliphatic carbocycles. The largest absolute Gasteiger partial charge is 0.342 e. The Bertz CT molecular complexity index is 865. The van der Waals surface area contributed by atoms with E-state index < -0.39 is 0 Å². The van der Waals surface area contributed by atoms with Gasteiger partial charge in [0.2, 0.25) is 11.8 Å². The number of rotatable bonds is 6. The SMILES string of the molecule is Cc1ccccc1NC(=O)C1CCN(C(=O)C(C)c2ccc(CC(C)C)cc2)CC1. The fraction of sp³-hybridized carbons (Fsp3) is 0.462. The van der Waals surface area contributed by atoms with E-state index in [0.29, 0.717) is 31.8 Å². The molecule has 1 N–H and O–H groups in total. The van der Waals surface area contributed by atoms with Gasteiger partial charge in [0.25, 0.3) is 0 Å². The van der Waals surface area contributed by atoms with E-state index in [9.17, 15) is 9.59 Å². The van der Waals surface area contributed by atoms with Crippen LogP contribution in [0, 0.1) is 18.8 Å². The molecule has 0 saturated carbocycles. The molecule has 4 nitrogen and oxygen atoms in total. The average Bonchev–Trinajstić information content (AvgIpc) is 2.74. The van der Waals surface area contributed by atoms with Gasteiger partial charge in [0, 0.05) is 24.7 Å². The summed E-state index contributed by atoms with van der Waals surface area (Å²) in [5, 5.41) is 3.05. The van der Waals surface area contributed by atoms with Crippen LogP contribution in [-0.4, -0.2) is 29.8 Å². The fourth-order valence-electron chi connectivity index (χ4n) is 4.14. The molecule has 0 spiro atoms. The first-order valence-electron chi connectivity index (χ1n) is 11.1. The van der Waals surface area contributed by atoms with Crippen LogP contribution in [0.2, 0.25) is 0 Å². The van der Waals surface area contributed by atoms with Gasteiger partial charge in [-0.3, -0.25) is 9.59 Å². The summed E-state index contributed by atoms with van der Waals surface area (Å²) in [5.41, 5.74) is 4.31. The summed E-state index contributed by atoms with van der Waals surface area (Å²) in [6.45, 7) is 9.68. The van der Waals surface area contributed by atoms with Crippen LogP contribution in [0.25, 0.3) is 0 Å². The first kappa shape index (κ1) is 22.1. The summed E-state index contributed by atoms with van der Waals surface area (Å²) in [5.74, 6) is 0.642. The lowest BCUT2D eigenvalue weighted by Gasteiger charge is -2.33. The Morgan fingerprint density at radius 1 is 1.00 bits per heavy atom. The maximum atomic E-state index is 13.0. The number of anilines is 1. The number of nitrogens with one attached hydrogen (secondary N) is 1. The summed E-state index contributed by atoms with van der Waals surface area (Å²) in [6.07, 6.45) is 2.48. The standard InChI is InChI=1S/C26H34N2O2/c1-18(2)17-21-9-11-22(12-10-21)20(4)26(30)28-15-13-23(14-16-28)25(29)27-24-8-6-5-7-19(24)3/h5-12,18,20,23H,13-17H2,1-4H3,(H,27,29). The molecule has 160 valence electrons. The number of likely N-dealkylation sites (tertiary alicyclic amines) is 1. The quantitative estimate of drug-likeness (QED) is 0.719. The molecular formula is C26H34N2O2. The molecule has 0 bridgehead atoms. The summed E-state index contributed by atoms with van der Waals surface area (Å²) in [6, 6.07) is 16.3. The lowest BCUT2D eigenvalue weighted by Crippen LogP contribution is -2.43. The Morgan fingerprint density at radius 3 is 2.23 bits per heavy atom. The van der Waals surface area contributed by atoms with E-state index in [1.54, 1.807) is 0 Å². The third-order valence-electron chi connectivity index (χ3n) is 6.07. The zero-order valence-corrected chi connectivity index (χ0v) is 18.7. The van der Waals surface area contributed by atoms with Gasteiger partial charge in [0.15, 0.2) is 0 Å². The van der Waals surface area contributed by atoms with Crippen molar-refractivity contribution < 1.29 is 9.59 Å². The predicted octanol–water partition coefficient (Wildman–Crippen LogP) is 5.17.